The van der Waals surface area contributed by atoms with E-state index >= 15 is 0 Å². The van der Waals surface area contributed by atoms with Crippen LogP contribution in [0.15, 0.2) is 83.7 Å². The molecule has 0 aliphatic carbocycles. The van der Waals surface area contributed by atoms with Crippen molar-refractivity contribution in [3.63, 3.8) is 0 Å². The second kappa shape index (κ2) is 7.08. The van der Waals surface area contributed by atoms with E-state index in [1.807, 2.05) is 54.6 Å². The topological polar surface area (TPSA) is 34.9 Å². The Bertz CT molecular complexity index is 1170. The number of rotatable bonds is 3. The minimum Gasteiger partial charge on any atom is -0.267 e. The van der Waals surface area contributed by atoms with Gasteiger partial charge >= 0.3 is 0 Å². The molecule has 0 amide bonds. The normalized spacial score (nSPS) is 11.7. The molecular formula is C25H24N2O. The lowest BCUT2D eigenvalue weighted by molar-refractivity contribution is 0.589. The maximum atomic E-state index is 13.0. The molecule has 3 aromatic carbocycles. The zero-order chi connectivity index (χ0) is 19.7. The van der Waals surface area contributed by atoms with Crippen LogP contribution in [0.4, 0.5) is 0 Å². The van der Waals surface area contributed by atoms with Gasteiger partial charge in [-0.1, -0.05) is 93.6 Å². The quantitative estimate of drug-likeness (QED) is 0.485. The maximum absolute atomic E-state index is 13.0. The van der Waals surface area contributed by atoms with E-state index < -0.39 is 0 Å². The molecule has 0 saturated heterocycles. The van der Waals surface area contributed by atoms with E-state index in [1.54, 1.807) is 4.68 Å². The molecule has 0 radical (unpaired) electrons. The fourth-order valence-electron chi connectivity index (χ4n) is 3.43. The van der Waals surface area contributed by atoms with Gasteiger partial charge in [-0.3, -0.25) is 4.79 Å². The van der Waals surface area contributed by atoms with E-state index in [4.69, 9.17) is 5.10 Å². The number of aromatic nitrogens is 2. The second-order valence-corrected chi connectivity index (χ2v) is 8.17. The highest BCUT2D eigenvalue weighted by molar-refractivity contribution is 5.93. The summed E-state index contributed by atoms with van der Waals surface area (Å²) in [5.41, 5.74) is 4.24. The predicted molar refractivity (Wildman–Crippen MR) is 116 cm³/mol. The van der Waals surface area contributed by atoms with Gasteiger partial charge in [0, 0.05) is 10.9 Å². The van der Waals surface area contributed by atoms with Crippen molar-refractivity contribution in [3.05, 3.63) is 100 Å². The molecule has 0 fully saturated rings. The average Bonchev–Trinajstić information content (AvgIpc) is 2.70. The summed E-state index contributed by atoms with van der Waals surface area (Å²) in [4.78, 5) is 13.0. The monoisotopic (exact) mass is 368 g/mol. The van der Waals surface area contributed by atoms with Gasteiger partial charge in [0.05, 0.1) is 17.6 Å². The first-order valence-electron chi connectivity index (χ1n) is 9.58. The highest BCUT2D eigenvalue weighted by Gasteiger charge is 2.14. The molecule has 0 spiro atoms. The van der Waals surface area contributed by atoms with Gasteiger partial charge in [0.1, 0.15) is 0 Å². The smallest absolute Gasteiger partial charge is 0.267 e. The van der Waals surface area contributed by atoms with Crippen molar-refractivity contribution in [2.75, 3.05) is 0 Å². The van der Waals surface area contributed by atoms with Crippen molar-refractivity contribution in [1.82, 2.24) is 9.78 Å². The summed E-state index contributed by atoms with van der Waals surface area (Å²) < 4.78 is 1.58. The number of benzene rings is 3. The maximum Gasteiger partial charge on any atom is 0.274 e. The van der Waals surface area contributed by atoms with E-state index in [0.717, 1.165) is 22.2 Å². The van der Waals surface area contributed by atoms with E-state index in [-0.39, 0.29) is 11.0 Å². The summed E-state index contributed by atoms with van der Waals surface area (Å²) >= 11 is 0. The highest BCUT2D eigenvalue weighted by atomic mass is 16.1. The predicted octanol–water partition coefficient (Wildman–Crippen LogP) is 5.41. The Hall–Kier alpha value is -3.20. The number of fused-ring (bicyclic) bond motifs is 1. The molecule has 0 N–H and O–H groups in total. The Kier molecular flexibility index (Phi) is 4.60. The fraction of sp³-hybridized carbons (Fsp3) is 0.200. The summed E-state index contributed by atoms with van der Waals surface area (Å²) in [5.74, 6) is 0. The molecular weight excluding hydrogens is 344 g/mol. The molecule has 140 valence electrons. The summed E-state index contributed by atoms with van der Waals surface area (Å²) in [6.45, 7) is 7.05. The third-order valence-electron chi connectivity index (χ3n) is 5.07. The molecule has 0 atom stereocenters. The van der Waals surface area contributed by atoms with E-state index in [2.05, 4.69) is 45.0 Å². The van der Waals surface area contributed by atoms with Crippen LogP contribution in [0.3, 0.4) is 0 Å². The van der Waals surface area contributed by atoms with Crippen LogP contribution >= 0.6 is 0 Å². The van der Waals surface area contributed by atoms with E-state index in [0.29, 0.717) is 11.9 Å². The van der Waals surface area contributed by atoms with Gasteiger partial charge in [0.25, 0.3) is 5.56 Å². The van der Waals surface area contributed by atoms with E-state index in [9.17, 15) is 4.79 Å². The van der Waals surface area contributed by atoms with Crippen LogP contribution in [0, 0.1) is 0 Å². The Labute approximate surface area is 165 Å². The van der Waals surface area contributed by atoms with Crippen LogP contribution in [-0.4, -0.2) is 9.78 Å². The lowest BCUT2D eigenvalue weighted by atomic mass is 9.87. The summed E-state index contributed by atoms with van der Waals surface area (Å²) in [7, 11) is 0. The van der Waals surface area contributed by atoms with Crippen LogP contribution in [0.5, 0.6) is 0 Å². The second-order valence-electron chi connectivity index (χ2n) is 8.17. The Balaban J connectivity index is 1.82. The molecule has 4 aromatic rings. The van der Waals surface area contributed by atoms with Crippen LogP contribution in [0.2, 0.25) is 0 Å². The summed E-state index contributed by atoms with van der Waals surface area (Å²) in [5, 5.41) is 6.33. The average molecular weight is 368 g/mol. The fourth-order valence-corrected chi connectivity index (χ4v) is 3.43. The van der Waals surface area contributed by atoms with Crippen LogP contribution in [-0.2, 0) is 12.0 Å². The lowest BCUT2D eigenvalue weighted by Crippen LogP contribution is -2.24. The van der Waals surface area contributed by atoms with Crippen molar-refractivity contribution in [1.29, 1.82) is 0 Å². The van der Waals surface area contributed by atoms with Crippen LogP contribution < -0.4 is 5.56 Å². The third kappa shape index (κ3) is 3.48. The van der Waals surface area contributed by atoms with Gasteiger partial charge in [-0.15, -0.1) is 0 Å². The molecule has 0 unspecified atom stereocenters. The molecule has 4 rings (SSSR count). The van der Waals surface area contributed by atoms with Gasteiger partial charge in [0.15, 0.2) is 0 Å². The van der Waals surface area contributed by atoms with E-state index in [1.165, 1.54) is 5.56 Å². The third-order valence-corrected chi connectivity index (χ3v) is 5.07. The molecule has 0 aliphatic rings. The molecule has 1 heterocycles. The molecule has 0 bridgehead atoms. The molecule has 0 aliphatic heterocycles. The van der Waals surface area contributed by atoms with Gasteiger partial charge in [-0.25, -0.2) is 4.68 Å². The standard InChI is InChI=1S/C25H24N2O/c1-25(2,3)20-15-13-18(14-16-20)17-27-24(28)22-12-8-7-11-21(22)23(26-27)19-9-5-4-6-10-19/h4-16H,17H2,1-3H3. The highest BCUT2D eigenvalue weighted by Crippen LogP contribution is 2.25. The molecule has 0 saturated carbocycles. The first-order chi connectivity index (χ1) is 13.4. The Morgan fingerprint density at radius 1 is 0.786 bits per heavy atom. The van der Waals surface area contributed by atoms with Crippen molar-refractivity contribution in [2.45, 2.75) is 32.7 Å². The van der Waals surface area contributed by atoms with Crippen molar-refractivity contribution in [3.8, 4) is 11.3 Å². The Morgan fingerprint density at radius 2 is 1.39 bits per heavy atom. The molecule has 1 aromatic heterocycles. The molecule has 3 nitrogen and oxygen atoms in total. The van der Waals surface area contributed by atoms with Gasteiger partial charge in [0.2, 0.25) is 0 Å². The Morgan fingerprint density at radius 3 is 2.04 bits per heavy atom. The van der Waals surface area contributed by atoms with Gasteiger partial charge in [-0.05, 0) is 22.6 Å². The van der Waals surface area contributed by atoms with Crippen LogP contribution in [0.1, 0.15) is 31.9 Å². The minimum atomic E-state index is -0.0600. The molecule has 28 heavy (non-hydrogen) atoms. The number of nitrogens with zero attached hydrogens (tertiary/aromatic N) is 2. The SMILES string of the molecule is CC(C)(C)c1ccc(Cn2nc(-c3ccccc3)c3ccccc3c2=O)cc1. The van der Waals surface area contributed by atoms with Crippen molar-refractivity contribution >= 4 is 10.8 Å². The summed E-state index contributed by atoms with van der Waals surface area (Å²) in [6.07, 6.45) is 0. The lowest BCUT2D eigenvalue weighted by Gasteiger charge is -2.19. The number of hydrogen-bond acceptors (Lipinski definition) is 2. The van der Waals surface area contributed by atoms with Gasteiger partial charge in [-0.2, -0.15) is 5.10 Å². The molecule has 3 heteroatoms. The van der Waals surface area contributed by atoms with Crippen molar-refractivity contribution < 1.29 is 0 Å². The van der Waals surface area contributed by atoms with Crippen molar-refractivity contribution in [2.24, 2.45) is 0 Å². The first kappa shape index (κ1) is 18.2. The zero-order valence-electron chi connectivity index (χ0n) is 16.5. The van der Waals surface area contributed by atoms with Crippen LogP contribution in [0.25, 0.3) is 22.0 Å². The largest absolute Gasteiger partial charge is 0.274 e. The first-order valence-corrected chi connectivity index (χ1v) is 9.58. The van der Waals surface area contributed by atoms with Gasteiger partial charge < -0.3 is 0 Å². The minimum absolute atomic E-state index is 0.0600. The zero-order valence-corrected chi connectivity index (χ0v) is 16.5. The summed E-state index contributed by atoms with van der Waals surface area (Å²) in [6, 6.07) is 26.2. The number of hydrogen-bond donors (Lipinski definition) is 0.